The van der Waals surface area contributed by atoms with E-state index < -0.39 is 0 Å². The van der Waals surface area contributed by atoms with Gasteiger partial charge in [0.25, 0.3) is 0 Å². The van der Waals surface area contributed by atoms with Gasteiger partial charge in [0.1, 0.15) is 0 Å². The van der Waals surface area contributed by atoms with Gasteiger partial charge in [-0.05, 0) is 38.5 Å². The summed E-state index contributed by atoms with van der Waals surface area (Å²) in [7, 11) is 0. The molecule has 12 nitrogen and oxygen atoms in total. The lowest BCUT2D eigenvalue weighted by Gasteiger charge is -2.03. The number of hydrogen-bond acceptors (Lipinski definition) is 12. The third kappa shape index (κ3) is 115. The molecular weight excluding hydrogens is 1240 g/mol. The molecule has 0 aromatic rings. The van der Waals surface area contributed by atoms with Gasteiger partial charge >= 0.3 is 35.8 Å². The van der Waals surface area contributed by atoms with Gasteiger partial charge in [0, 0.05) is 36.5 Å². The molecule has 0 saturated heterocycles. The van der Waals surface area contributed by atoms with Gasteiger partial charge in [-0.1, -0.05) is 408 Å². The van der Waals surface area contributed by atoms with Gasteiger partial charge in [-0.3, -0.25) is 0 Å². The predicted molar refractivity (Wildman–Crippen MR) is 424 cm³/mol. The molecule has 0 aromatic carbocycles. The molecule has 0 spiro atoms. The molecular formula is C87H162O12. The summed E-state index contributed by atoms with van der Waals surface area (Å²) in [6, 6.07) is 0. The fraction of sp³-hybridized carbons (Fsp3) is 0.793. The summed E-state index contributed by atoms with van der Waals surface area (Å²) in [6.45, 7) is 36.8. The second-order valence-corrected chi connectivity index (χ2v) is 26.3. The third-order valence-electron chi connectivity index (χ3n) is 16.7. The maximum Gasteiger partial charge on any atom is 0.330 e. The largest absolute Gasteiger partial charge is 0.463 e. The van der Waals surface area contributed by atoms with Crippen molar-refractivity contribution in [2.75, 3.05) is 39.6 Å². The second-order valence-electron chi connectivity index (χ2n) is 26.3. The van der Waals surface area contributed by atoms with Crippen molar-refractivity contribution < 1.29 is 57.2 Å². The smallest absolute Gasteiger partial charge is 0.330 e. The molecule has 0 aliphatic heterocycles. The number of rotatable bonds is 69. The van der Waals surface area contributed by atoms with Gasteiger partial charge in [-0.15, -0.1) is 0 Å². The van der Waals surface area contributed by atoms with Crippen molar-refractivity contribution in [3.63, 3.8) is 0 Å². The van der Waals surface area contributed by atoms with Crippen LogP contribution in [0.15, 0.2) is 75.9 Å². The summed E-state index contributed by atoms with van der Waals surface area (Å²) in [5.41, 5.74) is 0. The predicted octanol–water partition coefficient (Wildman–Crippen LogP) is 26.6. The van der Waals surface area contributed by atoms with Gasteiger partial charge in [0.05, 0.1) is 39.6 Å². The first kappa shape index (κ1) is 105. The monoisotopic (exact) mass is 1400 g/mol. The Balaban J connectivity index is -0.000000263. The quantitative estimate of drug-likeness (QED) is 0.0246. The first-order valence-electron chi connectivity index (χ1n) is 41.1. The molecule has 0 rings (SSSR count). The minimum absolute atomic E-state index is 0.303. The van der Waals surface area contributed by atoms with Crippen LogP contribution in [0.2, 0.25) is 0 Å². The summed E-state index contributed by atoms with van der Waals surface area (Å²) < 4.78 is 29.4. The maximum atomic E-state index is 10.8. The summed E-state index contributed by atoms with van der Waals surface area (Å²) >= 11 is 0. The Kier molecular flexibility index (Phi) is 108. The Morgan fingerprint density at radius 1 is 0.162 bits per heavy atom. The Bertz CT molecular complexity index is 1720. The van der Waals surface area contributed by atoms with Crippen LogP contribution in [-0.4, -0.2) is 75.5 Å². The van der Waals surface area contributed by atoms with Crippen LogP contribution < -0.4 is 0 Å². The first-order valence-corrected chi connectivity index (χ1v) is 41.1. The molecule has 0 saturated carbocycles. The minimum atomic E-state index is -0.309. The van der Waals surface area contributed by atoms with E-state index >= 15 is 0 Å². The molecule has 0 fully saturated rings. The molecule has 99 heavy (non-hydrogen) atoms. The Morgan fingerprint density at radius 3 is 0.323 bits per heavy atom. The van der Waals surface area contributed by atoms with Crippen LogP contribution in [-0.2, 0) is 57.2 Å². The number of esters is 6. The van der Waals surface area contributed by atoms with Crippen LogP contribution in [0.3, 0.4) is 0 Å². The van der Waals surface area contributed by atoms with E-state index in [1.165, 1.54) is 345 Å². The van der Waals surface area contributed by atoms with Crippen molar-refractivity contribution in [2.45, 2.75) is 408 Å². The van der Waals surface area contributed by atoms with Gasteiger partial charge in [-0.25, -0.2) is 28.8 Å². The number of unbranched alkanes of at least 4 members (excludes halogenated alkanes) is 51. The molecule has 0 N–H and O–H groups in total. The van der Waals surface area contributed by atoms with Crippen molar-refractivity contribution in [1.82, 2.24) is 0 Å². The van der Waals surface area contributed by atoms with Crippen LogP contribution in [0.5, 0.6) is 0 Å². The summed E-state index contributed by atoms with van der Waals surface area (Å²) in [5.74, 6) is -1.83. The second kappa shape index (κ2) is 102. The van der Waals surface area contributed by atoms with E-state index in [0.717, 1.165) is 57.8 Å². The third-order valence-corrected chi connectivity index (χ3v) is 16.7. The van der Waals surface area contributed by atoms with E-state index in [1.54, 1.807) is 0 Å². The number of hydrogen-bond donors (Lipinski definition) is 0. The lowest BCUT2D eigenvalue weighted by Crippen LogP contribution is -2.01. The molecule has 0 atom stereocenters. The topological polar surface area (TPSA) is 158 Å². The van der Waals surface area contributed by atoms with E-state index in [1.807, 2.05) is 0 Å². The van der Waals surface area contributed by atoms with Crippen molar-refractivity contribution in [3.8, 4) is 0 Å². The van der Waals surface area contributed by atoms with Gasteiger partial charge in [-0.2, -0.15) is 0 Å². The van der Waals surface area contributed by atoms with Crippen LogP contribution in [0.1, 0.15) is 408 Å². The molecule has 0 unspecified atom stereocenters. The number of carbonyl (C=O) groups excluding carboxylic acids is 6. The minimum Gasteiger partial charge on any atom is -0.463 e. The molecule has 582 valence electrons. The molecule has 0 bridgehead atoms. The Labute approximate surface area is 613 Å². The summed E-state index contributed by atoms with van der Waals surface area (Å²) in [4.78, 5) is 64.3. The standard InChI is InChI=1S/C17H32O2.C16H30O2.C15H28O2.C14H26O2.C13H24O2.C12H22O2/c1-3-5-6-7-8-9-10-11-12-13-14-15-16-19-17(18)4-2;1-3-5-6-7-8-9-10-11-12-13-14-15-18-16(17)4-2;1-3-5-6-7-8-9-10-11-12-13-14-17-15(16)4-2;1-3-5-6-7-8-9-10-11-12-13-16-14(15)4-2;1-3-5-6-7-8-9-10-11-12-15-13(14)4-2;1-3-5-6-7-8-9-10-11-14-12(13)4-2/h4H,2-3,5-16H2,1H3;4H,2-3,5-15H2,1H3;4H,2-3,5-14H2,1H3;4H,2-3,5-13H2,1H3;4H,2-3,5-12H2,1H3;4H,2-3,5-11H2,1H3. The van der Waals surface area contributed by atoms with Crippen LogP contribution in [0.25, 0.3) is 0 Å². The van der Waals surface area contributed by atoms with Gasteiger partial charge in [0.15, 0.2) is 0 Å². The number of carbonyl (C=O) groups is 6. The zero-order valence-electron chi connectivity index (χ0n) is 66.2. The highest BCUT2D eigenvalue weighted by Crippen LogP contribution is 2.16. The van der Waals surface area contributed by atoms with Gasteiger partial charge < -0.3 is 28.4 Å². The molecule has 0 radical (unpaired) electrons. The summed E-state index contributed by atoms with van der Waals surface area (Å²) in [6.07, 6.45) is 80.8. The van der Waals surface area contributed by atoms with E-state index in [0.29, 0.717) is 39.6 Å². The lowest BCUT2D eigenvalue weighted by atomic mass is 10.1. The fourth-order valence-electron chi connectivity index (χ4n) is 10.4. The maximum absolute atomic E-state index is 10.8. The van der Waals surface area contributed by atoms with E-state index in [9.17, 15) is 28.8 Å². The van der Waals surface area contributed by atoms with E-state index in [4.69, 9.17) is 28.4 Å². The van der Waals surface area contributed by atoms with Crippen molar-refractivity contribution in [2.24, 2.45) is 0 Å². The van der Waals surface area contributed by atoms with Crippen molar-refractivity contribution in [1.29, 1.82) is 0 Å². The van der Waals surface area contributed by atoms with Crippen molar-refractivity contribution >= 4 is 35.8 Å². The molecule has 12 heteroatoms. The van der Waals surface area contributed by atoms with Crippen LogP contribution >= 0.6 is 0 Å². The summed E-state index contributed by atoms with van der Waals surface area (Å²) in [5, 5.41) is 0. The molecule has 0 heterocycles. The average molecular weight is 1400 g/mol. The van der Waals surface area contributed by atoms with E-state index in [2.05, 4.69) is 81.0 Å². The zero-order chi connectivity index (χ0) is 74.5. The number of ether oxygens (including phenoxy) is 6. The van der Waals surface area contributed by atoms with Crippen LogP contribution in [0, 0.1) is 0 Å². The molecule has 0 aliphatic carbocycles. The van der Waals surface area contributed by atoms with Crippen LogP contribution in [0.4, 0.5) is 0 Å². The normalized spacial score (nSPS) is 10.1. The highest BCUT2D eigenvalue weighted by atomic mass is 16.5. The first-order chi connectivity index (χ1) is 48.3. The Morgan fingerprint density at radius 2 is 0.242 bits per heavy atom. The Hall–Kier alpha value is -4.74. The lowest BCUT2D eigenvalue weighted by molar-refractivity contribution is -0.138. The van der Waals surface area contributed by atoms with Crippen molar-refractivity contribution in [3.05, 3.63) is 75.9 Å². The van der Waals surface area contributed by atoms with E-state index in [-0.39, 0.29) is 35.8 Å². The molecule has 0 aliphatic rings. The molecule has 0 aromatic heterocycles. The highest BCUT2D eigenvalue weighted by molar-refractivity contribution is 5.82. The van der Waals surface area contributed by atoms with Gasteiger partial charge in [0.2, 0.25) is 0 Å². The highest BCUT2D eigenvalue weighted by Gasteiger charge is 2.02. The molecule has 0 amide bonds. The fourth-order valence-corrected chi connectivity index (χ4v) is 10.4. The zero-order valence-corrected chi connectivity index (χ0v) is 66.2. The average Bonchev–Trinajstić information content (AvgIpc) is 3.70. The SMILES string of the molecule is C=CC(=O)OCCCCCCCCC.C=CC(=O)OCCCCCCCCCC.C=CC(=O)OCCCCCCCCCCC.C=CC(=O)OCCCCCCCCCCCC.C=CC(=O)OCCCCCCCCCCCCC.C=CC(=O)OCCCCCCCCCCCCCC.